The van der Waals surface area contributed by atoms with Crippen molar-refractivity contribution >= 4 is 17.6 Å². The van der Waals surface area contributed by atoms with E-state index in [0.717, 1.165) is 24.8 Å². The molecule has 3 heteroatoms. The van der Waals surface area contributed by atoms with E-state index >= 15 is 0 Å². The van der Waals surface area contributed by atoms with Crippen LogP contribution in [0.1, 0.15) is 24.8 Å². The minimum absolute atomic E-state index is 0.132. The Balaban J connectivity index is 2.16. The first-order chi connectivity index (χ1) is 8.68. The number of aliphatic carboxylic acids is 1. The summed E-state index contributed by atoms with van der Waals surface area (Å²) in [5.74, 6) is -0.972. The Hall–Kier alpha value is -1.28. The smallest absolute Gasteiger partial charge is 0.307 e. The highest BCUT2D eigenvalue weighted by Crippen LogP contribution is 2.29. The fourth-order valence-electron chi connectivity index (χ4n) is 2.50. The third-order valence-electron chi connectivity index (χ3n) is 3.52. The van der Waals surface area contributed by atoms with E-state index in [1.165, 1.54) is 0 Å². The minimum Gasteiger partial charge on any atom is -0.481 e. The average molecular weight is 265 g/mol. The van der Waals surface area contributed by atoms with Crippen LogP contribution in [0.25, 0.3) is 0 Å². The summed E-state index contributed by atoms with van der Waals surface area (Å²) in [4.78, 5) is 11.4. The molecular formula is C15H17ClO2. The molecule has 0 spiro atoms. The van der Waals surface area contributed by atoms with Crippen LogP contribution in [0.4, 0.5) is 0 Å². The number of benzene rings is 1. The van der Waals surface area contributed by atoms with E-state index in [-0.39, 0.29) is 11.8 Å². The summed E-state index contributed by atoms with van der Waals surface area (Å²) in [5, 5.41) is 10.1. The second-order valence-electron chi connectivity index (χ2n) is 4.76. The van der Waals surface area contributed by atoms with Crippen LogP contribution < -0.4 is 0 Å². The van der Waals surface area contributed by atoms with Crippen LogP contribution in [-0.2, 0) is 11.2 Å². The minimum atomic E-state index is -0.730. The first-order valence-electron chi connectivity index (χ1n) is 6.31. The standard InChI is InChI=1S/C15H17ClO2/c16-14-9-5-4-8-12(14)10-13(15(17)18)11-6-2-1-3-7-11/h2,4-6,8-9,11,13H,1,3,7,10H2,(H,17,18). The van der Waals surface area contributed by atoms with Crippen LogP contribution in [0.3, 0.4) is 0 Å². The lowest BCUT2D eigenvalue weighted by atomic mass is 9.81. The van der Waals surface area contributed by atoms with Crippen molar-refractivity contribution in [2.24, 2.45) is 11.8 Å². The molecule has 1 N–H and O–H groups in total. The first-order valence-corrected chi connectivity index (χ1v) is 6.69. The van der Waals surface area contributed by atoms with Crippen molar-refractivity contribution in [1.29, 1.82) is 0 Å². The van der Waals surface area contributed by atoms with E-state index in [4.69, 9.17) is 11.6 Å². The molecule has 1 aromatic rings. The Labute approximate surface area is 112 Å². The van der Waals surface area contributed by atoms with Crippen LogP contribution >= 0.6 is 11.6 Å². The summed E-state index contributed by atoms with van der Waals surface area (Å²) in [6.07, 6.45) is 7.75. The number of carbonyl (C=O) groups is 1. The van der Waals surface area contributed by atoms with Gasteiger partial charge >= 0.3 is 5.97 Å². The molecule has 0 amide bonds. The highest BCUT2D eigenvalue weighted by Gasteiger charge is 2.27. The molecule has 1 aromatic carbocycles. The lowest BCUT2D eigenvalue weighted by Crippen LogP contribution is -2.25. The second-order valence-corrected chi connectivity index (χ2v) is 5.17. The van der Waals surface area contributed by atoms with Gasteiger partial charge in [0.1, 0.15) is 0 Å². The zero-order chi connectivity index (χ0) is 13.0. The molecule has 0 aliphatic heterocycles. The van der Waals surface area contributed by atoms with Crippen molar-refractivity contribution in [1.82, 2.24) is 0 Å². The highest BCUT2D eigenvalue weighted by molar-refractivity contribution is 6.31. The molecule has 1 aliphatic rings. The fraction of sp³-hybridized carbons (Fsp3) is 0.400. The van der Waals surface area contributed by atoms with Crippen molar-refractivity contribution in [3.63, 3.8) is 0 Å². The molecule has 0 aromatic heterocycles. The van der Waals surface area contributed by atoms with Crippen LogP contribution in [0.5, 0.6) is 0 Å². The molecule has 0 radical (unpaired) electrons. The van der Waals surface area contributed by atoms with Crippen LogP contribution in [0.2, 0.25) is 5.02 Å². The van der Waals surface area contributed by atoms with Crippen LogP contribution in [0.15, 0.2) is 36.4 Å². The average Bonchev–Trinajstić information content (AvgIpc) is 2.38. The maximum absolute atomic E-state index is 11.4. The van der Waals surface area contributed by atoms with Crippen molar-refractivity contribution < 1.29 is 9.90 Å². The number of halogens is 1. The normalized spacial score (nSPS) is 20.6. The molecule has 2 atom stereocenters. The molecule has 96 valence electrons. The number of carboxylic acids is 1. The largest absolute Gasteiger partial charge is 0.481 e. The van der Waals surface area contributed by atoms with E-state index in [0.29, 0.717) is 11.4 Å². The van der Waals surface area contributed by atoms with Gasteiger partial charge in [0, 0.05) is 5.02 Å². The lowest BCUT2D eigenvalue weighted by Gasteiger charge is -2.23. The number of allylic oxidation sites excluding steroid dienone is 2. The van der Waals surface area contributed by atoms with Crippen molar-refractivity contribution in [3.8, 4) is 0 Å². The van der Waals surface area contributed by atoms with Crippen molar-refractivity contribution in [2.45, 2.75) is 25.7 Å². The molecule has 2 nitrogen and oxygen atoms in total. The molecule has 0 saturated carbocycles. The number of rotatable bonds is 4. The second kappa shape index (κ2) is 6.05. The third kappa shape index (κ3) is 3.14. The van der Waals surface area contributed by atoms with Gasteiger partial charge in [-0.25, -0.2) is 0 Å². The topological polar surface area (TPSA) is 37.3 Å². The third-order valence-corrected chi connectivity index (χ3v) is 3.89. The maximum atomic E-state index is 11.4. The predicted molar refractivity (Wildman–Crippen MR) is 72.8 cm³/mol. The van der Waals surface area contributed by atoms with Gasteiger partial charge in [0.05, 0.1) is 5.92 Å². The van der Waals surface area contributed by atoms with Gasteiger partial charge in [0.2, 0.25) is 0 Å². The van der Waals surface area contributed by atoms with E-state index < -0.39 is 5.97 Å². The van der Waals surface area contributed by atoms with E-state index in [9.17, 15) is 9.90 Å². The molecule has 0 saturated heterocycles. The molecule has 0 heterocycles. The molecule has 2 unspecified atom stereocenters. The van der Waals surface area contributed by atoms with Gasteiger partial charge in [-0.3, -0.25) is 4.79 Å². The SMILES string of the molecule is O=C(O)C(Cc1ccccc1Cl)C1C=CCCC1. The molecular weight excluding hydrogens is 248 g/mol. The first kappa shape index (κ1) is 13.2. The summed E-state index contributed by atoms with van der Waals surface area (Å²) in [7, 11) is 0. The van der Waals surface area contributed by atoms with E-state index in [1.54, 1.807) is 0 Å². The van der Waals surface area contributed by atoms with Gasteiger partial charge in [0.15, 0.2) is 0 Å². The summed E-state index contributed by atoms with van der Waals surface area (Å²) in [5.41, 5.74) is 0.922. The monoisotopic (exact) mass is 264 g/mol. The van der Waals surface area contributed by atoms with Gasteiger partial charge in [0.25, 0.3) is 0 Å². The van der Waals surface area contributed by atoms with Crippen molar-refractivity contribution in [2.75, 3.05) is 0 Å². The number of hydrogen-bond acceptors (Lipinski definition) is 1. The molecule has 1 aliphatic carbocycles. The Morgan fingerprint density at radius 1 is 1.44 bits per heavy atom. The molecule has 18 heavy (non-hydrogen) atoms. The summed E-state index contributed by atoms with van der Waals surface area (Å²) in [6, 6.07) is 7.48. The van der Waals surface area contributed by atoms with Crippen LogP contribution in [0, 0.1) is 11.8 Å². The predicted octanol–water partition coefficient (Wildman–Crippen LogP) is 3.94. The summed E-state index contributed by atoms with van der Waals surface area (Å²) in [6.45, 7) is 0. The number of hydrogen-bond donors (Lipinski definition) is 1. The zero-order valence-electron chi connectivity index (χ0n) is 10.2. The molecule has 0 fully saturated rings. The quantitative estimate of drug-likeness (QED) is 0.837. The van der Waals surface area contributed by atoms with Gasteiger partial charge in [-0.05, 0) is 43.2 Å². The number of carboxylic acid groups (broad SMARTS) is 1. The Morgan fingerprint density at radius 3 is 2.83 bits per heavy atom. The lowest BCUT2D eigenvalue weighted by molar-refractivity contribution is -0.143. The molecule has 2 rings (SSSR count). The fourth-order valence-corrected chi connectivity index (χ4v) is 2.71. The molecule has 0 bridgehead atoms. The zero-order valence-corrected chi connectivity index (χ0v) is 10.9. The van der Waals surface area contributed by atoms with Gasteiger partial charge in [-0.2, -0.15) is 0 Å². The van der Waals surface area contributed by atoms with E-state index in [2.05, 4.69) is 12.2 Å². The van der Waals surface area contributed by atoms with Crippen molar-refractivity contribution in [3.05, 3.63) is 47.0 Å². The Bertz CT molecular complexity index is 454. The summed E-state index contributed by atoms with van der Waals surface area (Å²) >= 11 is 6.10. The Morgan fingerprint density at radius 2 is 2.22 bits per heavy atom. The van der Waals surface area contributed by atoms with Crippen LogP contribution in [-0.4, -0.2) is 11.1 Å². The van der Waals surface area contributed by atoms with Gasteiger partial charge in [-0.1, -0.05) is 42.0 Å². The highest BCUT2D eigenvalue weighted by atomic mass is 35.5. The summed E-state index contributed by atoms with van der Waals surface area (Å²) < 4.78 is 0. The maximum Gasteiger partial charge on any atom is 0.307 e. The Kier molecular flexibility index (Phi) is 4.43. The van der Waals surface area contributed by atoms with Gasteiger partial charge < -0.3 is 5.11 Å². The van der Waals surface area contributed by atoms with E-state index in [1.807, 2.05) is 24.3 Å². The van der Waals surface area contributed by atoms with Gasteiger partial charge in [-0.15, -0.1) is 0 Å².